The maximum atomic E-state index is 12.0. The van der Waals surface area contributed by atoms with Crippen LogP contribution in [0.25, 0.3) is 0 Å². The second-order valence-corrected chi connectivity index (χ2v) is 5.11. The average molecular weight is 354 g/mol. The predicted octanol–water partition coefficient (Wildman–Crippen LogP) is 1.91. The van der Waals surface area contributed by atoms with Gasteiger partial charge >= 0.3 is 6.09 Å². The first-order valence-electron chi connectivity index (χ1n) is 7.47. The van der Waals surface area contributed by atoms with Crippen LogP contribution in [0.2, 0.25) is 0 Å². The highest BCUT2D eigenvalue weighted by molar-refractivity contribution is 6.05. The highest BCUT2D eigenvalue weighted by Gasteiger charge is 2.14. The molecule has 26 heavy (non-hydrogen) atoms. The van der Waals surface area contributed by atoms with Crippen LogP contribution in [0.4, 0.5) is 16.4 Å². The molecule has 0 unspecified atom stereocenters. The van der Waals surface area contributed by atoms with Gasteiger partial charge in [0.1, 0.15) is 12.4 Å². The minimum Gasteiger partial charge on any atom is -0.507 e. The zero-order chi connectivity index (χ0) is 18.4. The van der Waals surface area contributed by atoms with Crippen molar-refractivity contribution < 1.29 is 19.4 Å². The predicted molar refractivity (Wildman–Crippen MR) is 90.5 cm³/mol. The highest BCUT2D eigenvalue weighted by Crippen LogP contribution is 2.23. The molecule has 0 radical (unpaired) electrons. The molecule has 0 atom stereocenters. The smallest absolute Gasteiger partial charge is 0.411 e. The molecule has 4 N–H and O–H groups in total. The minimum absolute atomic E-state index is 0.0157. The largest absolute Gasteiger partial charge is 0.507 e. The zero-order valence-electron chi connectivity index (χ0n) is 13.3. The van der Waals surface area contributed by atoms with Gasteiger partial charge in [0.25, 0.3) is 11.9 Å². The third-order valence-electron chi connectivity index (χ3n) is 3.27. The molecule has 0 bridgehead atoms. The number of nitrogens with one attached hydrogen (secondary N) is 3. The number of hydrogen-bond donors (Lipinski definition) is 4. The summed E-state index contributed by atoms with van der Waals surface area (Å²) in [5, 5.41) is 27.5. The molecule has 0 spiro atoms. The van der Waals surface area contributed by atoms with E-state index in [4.69, 9.17) is 4.74 Å². The van der Waals surface area contributed by atoms with Gasteiger partial charge in [-0.3, -0.25) is 15.4 Å². The molecule has 1 aromatic heterocycles. The van der Waals surface area contributed by atoms with Crippen molar-refractivity contribution in [2.45, 2.75) is 6.61 Å². The molecule has 1 heterocycles. The van der Waals surface area contributed by atoms with E-state index in [0.717, 1.165) is 5.56 Å². The Balaban J connectivity index is 1.58. The summed E-state index contributed by atoms with van der Waals surface area (Å²) in [5.74, 6) is -0.977. The van der Waals surface area contributed by atoms with Crippen LogP contribution < -0.4 is 10.6 Å². The van der Waals surface area contributed by atoms with Gasteiger partial charge in [0.15, 0.2) is 0 Å². The molecule has 0 aliphatic heterocycles. The number of tetrazole rings is 1. The standard InChI is InChI=1S/C16H14N6O4/c23-13-8-11(17-16(25)26-9-10-4-2-1-3-5-10)6-7-12(13)14(24)18-15-19-21-22-20-15/h1-8,23H,9H2,(H,17,25)(H2,18,19,20,21,22,24). The van der Waals surface area contributed by atoms with Crippen LogP contribution in [-0.4, -0.2) is 37.7 Å². The number of carbonyl (C=O) groups is 2. The van der Waals surface area contributed by atoms with Gasteiger partial charge in [0.2, 0.25) is 0 Å². The molecule has 0 aliphatic carbocycles. The lowest BCUT2D eigenvalue weighted by Gasteiger charge is -2.09. The van der Waals surface area contributed by atoms with E-state index in [0.29, 0.717) is 0 Å². The Bertz CT molecular complexity index is 898. The third-order valence-corrected chi connectivity index (χ3v) is 3.27. The van der Waals surface area contributed by atoms with Crippen LogP contribution in [0.3, 0.4) is 0 Å². The van der Waals surface area contributed by atoms with Crippen molar-refractivity contribution in [1.29, 1.82) is 0 Å². The topological polar surface area (TPSA) is 142 Å². The number of H-pyrrole nitrogens is 1. The number of aromatic nitrogens is 4. The van der Waals surface area contributed by atoms with Crippen molar-refractivity contribution in [3.8, 4) is 5.75 Å². The van der Waals surface area contributed by atoms with Gasteiger partial charge in [0, 0.05) is 11.8 Å². The van der Waals surface area contributed by atoms with E-state index in [1.54, 1.807) is 0 Å². The Hall–Kier alpha value is -3.95. The van der Waals surface area contributed by atoms with Crippen molar-refractivity contribution in [2.24, 2.45) is 0 Å². The number of hydrogen-bond acceptors (Lipinski definition) is 7. The molecule has 0 fully saturated rings. The Morgan fingerprint density at radius 1 is 1.12 bits per heavy atom. The molecular weight excluding hydrogens is 340 g/mol. The van der Waals surface area contributed by atoms with Gasteiger partial charge < -0.3 is 9.84 Å². The number of ether oxygens (including phenoxy) is 1. The van der Waals surface area contributed by atoms with E-state index in [9.17, 15) is 14.7 Å². The quantitative estimate of drug-likeness (QED) is 0.548. The lowest BCUT2D eigenvalue weighted by Crippen LogP contribution is -2.15. The molecule has 3 aromatic rings. The lowest BCUT2D eigenvalue weighted by atomic mass is 10.1. The maximum Gasteiger partial charge on any atom is 0.411 e. The fourth-order valence-electron chi connectivity index (χ4n) is 2.06. The first kappa shape index (κ1) is 16.9. The molecule has 132 valence electrons. The van der Waals surface area contributed by atoms with Crippen molar-refractivity contribution in [1.82, 2.24) is 20.6 Å². The molecular formula is C16H14N6O4. The minimum atomic E-state index is -0.683. The average Bonchev–Trinajstić information content (AvgIpc) is 3.14. The molecule has 10 nitrogen and oxygen atoms in total. The molecule has 2 amide bonds. The molecule has 3 rings (SSSR count). The van der Waals surface area contributed by atoms with Crippen LogP contribution in [-0.2, 0) is 11.3 Å². The molecule has 0 saturated heterocycles. The highest BCUT2D eigenvalue weighted by atomic mass is 16.5. The number of aromatic amines is 1. The van der Waals surface area contributed by atoms with Crippen LogP contribution in [0.1, 0.15) is 15.9 Å². The summed E-state index contributed by atoms with van der Waals surface area (Å²) < 4.78 is 5.08. The van der Waals surface area contributed by atoms with Gasteiger partial charge in [0.05, 0.1) is 5.56 Å². The second kappa shape index (κ2) is 7.75. The summed E-state index contributed by atoms with van der Waals surface area (Å²) in [7, 11) is 0. The fraction of sp³-hybridized carbons (Fsp3) is 0.0625. The fourth-order valence-corrected chi connectivity index (χ4v) is 2.06. The van der Waals surface area contributed by atoms with E-state index in [-0.39, 0.29) is 29.6 Å². The molecule has 0 saturated carbocycles. The maximum absolute atomic E-state index is 12.0. The van der Waals surface area contributed by atoms with Crippen LogP contribution in [0, 0.1) is 0 Å². The Morgan fingerprint density at radius 2 is 1.92 bits per heavy atom. The Morgan fingerprint density at radius 3 is 2.62 bits per heavy atom. The van der Waals surface area contributed by atoms with Crippen LogP contribution in [0.15, 0.2) is 48.5 Å². The molecule has 10 heteroatoms. The van der Waals surface area contributed by atoms with Gasteiger partial charge in [-0.25, -0.2) is 4.79 Å². The third kappa shape index (κ3) is 4.32. The van der Waals surface area contributed by atoms with Crippen LogP contribution >= 0.6 is 0 Å². The number of anilines is 2. The van der Waals surface area contributed by atoms with Gasteiger partial charge in [-0.2, -0.15) is 5.21 Å². The number of benzene rings is 2. The van der Waals surface area contributed by atoms with Crippen molar-refractivity contribution in [3.05, 3.63) is 59.7 Å². The van der Waals surface area contributed by atoms with E-state index < -0.39 is 12.0 Å². The normalized spacial score (nSPS) is 10.2. The summed E-state index contributed by atoms with van der Waals surface area (Å²) in [6.07, 6.45) is -0.683. The van der Waals surface area contributed by atoms with E-state index >= 15 is 0 Å². The van der Waals surface area contributed by atoms with Gasteiger partial charge in [-0.05, 0) is 22.9 Å². The van der Waals surface area contributed by atoms with E-state index in [1.807, 2.05) is 30.3 Å². The molecule has 0 aliphatic rings. The van der Waals surface area contributed by atoms with Crippen molar-refractivity contribution in [3.63, 3.8) is 0 Å². The van der Waals surface area contributed by atoms with Crippen LogP contribution in [0.5, 0.6) is 5.75 Å². The number of amides is 2. The zero-order valence-corrected chi connectivity index (χ0v) is 13.3. The lowest BCUT2D eigenvalue weighted by molar-refractivity contribution is 0.102. The number of phenols is 1. The summed E-state index contributed by atoms with van der Waals surface area (Å²) in [6, 6.07) is 13.2. The number of aromatic hydroxyl groups is 1. The molecule has 2 aromatic carbocycles. The number of phenolic OH excluding ortho intramolecular Hbond substituents is 1. The monoisotopic (exact) mass is 354 g/mol. The number of nitrogens with zero attached hydrogens (tertiary/aromatic N) is 3. The Labute approximate surface area is 147 Å². The first-order valence-corrected chi connectivity index (χ1v) is 7.47. The summed E-state index contributed by atoms with van der Waals surface area (Å²) in [6.45, 7) is 0.115. The van der Waals surface area contributed by atoms with Crippen molar-refractivity contribution in [2.75, 3.05) is 10.6 Å². The number of carbonyl (C=O) groups excluding carboxylic acids is 2. The summed E-state index contributed by atoms with van der Waals surface area (Å²) >= 11 is 0. The number of rotatable bonds is 5. The van der Waals surface area contributed by atoms with Gasteiger partial charge in [-0.1, -0.05) is 35.4 Å². The van der Waals surface area contributed by atoms with Gasteiger partial charge in [-0.15, -0.1) is 5.10 Å². The van der Waals surface area contributed by atoms with E-state index in [1.165, 1.54) is 18.2 Å². The first-order chi connectivity index (χ1) is 12.6. The Kier molecular flexibility index (Phi) is 5.03. The summed E-state index contributed by atoms with van der Waals surface area (Å²) in [4.78, 5) is 23.8. The SMILES string of the molecule is O=C(Nc1ccc(C(=O)Nc2nn[nH]n2)c(O)c1)OCc1ccccc1. The summed E-state index contributed by atoms with van der Waals surface area (Å²) in [5.41, 5.74) is 1.11. The van der Waals surface area contributed by atoms with E-state index in [2.05, 4.69) is 31.3 Å². The second-order valence-electron chi connectivity index (χ2n) is 5.11. The van der Waals surface area contributed by atoms with Crippen molar-refractivity contribution >= 4 is 23.6 Å².